The lowest BCUT2D eigenvalue weighted by molar-refractivity contribution is -0.127. The minimum absolute atomic E-state index is 0.251. The zero-order valence-electron chi connectivity index (χ0n) is 14.2. The standard InChI is InChI=1S/C18H21N5O2/c1-13(25-15-8-5-4-7-14(15)11-19)18(24)20-12-17-22-21-16-9-3-2-6-10-23(16)17/h4-5,7-8,13H,2-3,6,9-10,12H2,1H3,(H,20,24). The first-order valence-electron chi connectivity index (χ1n) is 8.53. The number of hydrogen-bond acceptors (Lipinski definition) is 5. The molecule has 1 aromatic carbocycles. The quantitative estimate of drug-likeness (QED) is 0.899. The molecule has 1 N–H and O–H groups in total. The van der Waals surface area contributed by atoms with Gasteiger partial charge < -0.3 is 14.6 Å². The molecule has 1 amide bonds. The summed E-state index contributed by atoms with van der Waals surface area (Å²) >= 11 is 0. The molecule has 0 bridgehead atoms. The Balaban J connectivity index is 1.59. The van der Waals surface area contributed by atoms with E-state index >= 15 is 0 Å². The number of aromatic nitrogens is 3. The van der Waals surface area contributed by atoms with Crippen LogP contribution in [0.4, 0.5) is 0 Å². The molecular weight excluding hydrogens is 318 g/mol. The molecule has 7 nitrogen and oxygen atoms in total. The van der Waals surface area contributed by atoms with Gasteiger partial charge >= 0.3 is 0 Å². The SMILES string of the molecule is CC(Oc1ccccc1C#N)C(=O)NCc1nnc2n1CCCCC2. The molecule has 1 aliphatic heterocycles. The molecule has 0 aliphatic carbocycles. The second kappa shape index (κ2) is 7.79. The Morgan fingerprint density at radius 1 is 1.36 bits per heavy atom. The van der Waals surface area contributed by atoms with Crippen LogP contribution in [0.25, 0.3) is 0 Å². The number of hydrogen-bond donors (Lipinski definition) is 1. The molecule has 3 rings (SSSR count). The van der Waals surface area contributed by atoms with Crippen LogP contribution in [0.5, 0.6) is 5.75 Å². The number of nitrogens with zero attached hydrogens (tertiary/aromatic N) is 4. The van der Waals surface area contributed by atoms with Crippen LogP contribution in [-0.4, -0.2) is 26.8 Å². The Hall–Kier alpha value is -2.88. The Bertz CT molecular complexity index is 793. The van der Waals surface area contributed by atoms with E-state index in [1.807, 2.05) is 0 Å². The average molecular weight is 339 g/mol. The Morgan fingerprint density at radius 2 is 2.20 bits per heavy atom. The van der Waals surface area contributed by atoms with Crippen LogP contribution >= 0.6 is 0 Å². The largest absolute Gasteiger partial charge is 0.480 e. The van der Waals surface area contributed by atoms with Crippen molar-refractivity contribution in [2.45, 2.75) is 51.8 Å². The number of carbonyl (C=O) groups excluding carboxylic acids is 1. The summed E-state index contributed by atoms with van der Waals surface area (Å²) in [6, 6.07) is 8.92. The van der Waals surface area contributed by atoms with E-state index in [-0.39, 0.29) is 5.91 Å². The van der Waals surface area contributed by atoms with Gasteiger partial charge in [-0.3, -0.25) is 4.79 Å². The molecule has 0 saturated carbocycles. The molecular formula is C18H21N5O2. The van der Waals surface area contributed by atoms with E-state index in [0.717, 1.165) is 37.5 Å². The van der Waals surface area contributed by atoms with Gasteiger partial charge in [0.15, 0.2) is 11.9 Å². The number of rotatable bonds is 5. The summed E-state index contributed by atoms with van der Waals surface area (Å²) in [6.45, 7) is 2.88. The molecule has 0 saturated heterocycles. The van der Waals surface area contributed by atoms with E-state index in [9.17, 15) is 4.79 Å². The van der Waals surface area contributed by atoms with E-state index in [2.05, 4.69) is 26.2 Å². The van der Waals surface area contributed by atoms with Gasteiger partial charge in [-0.1, -0.05) is 18.6 Å². The van der Waals surface area contributed by atoms with Crippen LogP contribution < -0.4 is 10.1 Å². The Morgan fingerprint density at radius 3 is 3.04 bits per heavy atom. The van der Waals surface area contributed by atoms with Gasteiger partial charge in [-0.25, -0.2) is 0 Å². The highest BCUT2D eigenvalue weighted by Crippen LogP contribution is 2.18. The van der Waals surface area contributed by atoms with Crippen molar-refractivity contribution in [2.75, 3.05) is 0 Å². The number of amides is 1. The summed E-state index contributed by atoms with van der Waals surface area (Å²) in [5, 5.41) is 20.3. The molecule has 7 heteroatoms. The summed E-state index contributed by atoms with van der Waals surface area (Å²) in [6.07, 6.45) is 3.66. The van der Waals surface area contributed by atoms with Crippen molar-refractivity contribution in [3.8, 4) is 11.8 Å². The number of nitrogens with one attached hydrogen (secondary N) is 1. The molecule has 0 fully saturated rings. The van der Waals surface area contributed by atoms with Crippen LogP contribution in [0, 0.1) is 11.3 Å². The number of fused-ring (bicyclic) bond motifs is 1. The van der Waals surface area contributed by atoms with Gasteiger partial charge in [0.2, 0.25) is 0 Å². The highest BCUT2D eigenvalue weighted by molar-refractivity contribution is 5.80. The summed E-state index contributed by atoms with van der Waals surface area (Å²) < 4.78 is 7.72. The first-order valence-corrected chi connectivity index (χ1v) is 8.53. The number of aryl methyl sites for hydroxylation is 1. The highest BCUT2D eigenvalue weighted by atomic mass is 16.5. The number of para-hydroxylation sites is 1. The monoisotopic (exact) mass is 339 g/mol. The van der Waals surface area contributed by atoms with Crippen molar-refractivity contribution in [3.63, 3.8) is 0 Å². The molecule has 0 radical (unpaired) electrons. The molecule has 1 aliphatic rings. The number of benzene rings is 1. The number of carbonyl (C=O) groups is 1. The van der Waals surface area contributed by atoms with Gasteiger partial charge in [-0.2, -0.15) is 5.26 Å². The maximum atomic E-state index is 12.3. The third kappa shape index (κ3) is 3.97. The number of nitriles is 1. The predicted molar refractivity (Wildman–Crippen MR) is 90.7 cm³/mol. The maximum Gasteiger partial charge on any atom is 0.261 e. The summed E-state index contributed by atoms with van der Waals surface area (Å²) in [7, 11) is 0. The first-order chi connectivity index (χ1) is 12.2. The van der Waals surface area contributed by atoms with Crippen molar-refractivity contribution in [2.24, 2.45) is 0 Å². The lowest BCUT2D eigenvalue weighted by Gasteiger charge is -2.15. The summed E-state index contributed by atoms with van der Waals surface area (Å²) in [5.74, 6) is 1.92. The third-order valence-corrected chi connectivity index (χ3v) is 4.29. The fourth-order valence-corrected chi connectivity index (χ4v) is 2.89. The lowest BCUT2D eigenvalue weighted by atomic mass is 10.2. The van der Waals surface area contributed by atoms with Gasteiger partial charge in [-0.15, -0.1) is 10.2 Å². The van der Waals surface area contributed by atoms with Gasteiger partial charge in [0.25, 0.3) is 5.91 Å². The van der Waals surface area contributed by atoms with E-state index in [4.69, 9.17) is 10.00 Å². The van der Waals surface area contributed by atoms with Crippen LogP contribution in [0.1, 0.15) is 43.4 Å². The zero-order chi connectivity index (χ0) is 17.6. The van der Waals surface area contributed by atoms with Crippen LogP contribution in [0.3, 0.4) is 0 Å². The second-order valence-electron chi connectivity index (χ2n) is 6.08. The normalized spacial score (nSPS) is 14.7. The molecule has 0 spiro atoms. The van der Waals surface area contributed by atoms with Crippen molar-refractivity contribution < 1.29 is 9.53 Å². The summed E-state index contributed by atoms with van der Waals surface area (Å²) in [4.78, 5) is 12.3. The van der Waals surface area contributed by atoms with Gasteiger partial charge in [0, 0.05) is 13.0 Å². The van der Waals surface area contributed by atoms with Crippen molar-refractivity contribution in [3.05, 3.63) is 41.5 Å². The molecule has 130 valence electrons. The zero-order valence-corrected chi connectivity index (χ0v) is 14.2. The van der Waals surface area contributed by atoms with Crippen LogP contribution in [0.15, 0.2) is 24.3 Å². The second-order valence-corrected chi connectivity index (χ2v) is 6.08. The van der Waals surface area contributed by atoms with E-state index in [0.29, 0.717) is 17.9 Å². The fraction of sp³-hybridized carbons (Fsp3) is 0.444. The Kier molecular flexibility index (Phi) is 5.29. The average Bonchev–Trinajstić information content (AvgIpc) is 2.86. The molecule has 1 unspecified atom stereocenters. The first kappa shape index (κ1) is 17.0. The maximum absolute atomic E-state index is 12.3. The molecule has 25 heavy (non-hydrogen) atoms. The molecule has 2 aromatic rings. The third-order valence-electron chi connectivity index (χ3n) is 4.29. The van der Waals surface area contributed by atoms with Gasteiger partial charge in [-0.05, 0) is 31.9 Å². The van der Waals surface area contributed by atoms with Crippen molar-refractivity contribution in [1.29, 1.82) is 5.26 Å². The van der Waals surface area contributed by atoms with E-state index < -0.39 is 6.10 Å². The fourth-order valence-electron chi connectivity index (χ4n) is 2.89. The minimum atomic E-state index is -0.707. The van der Waals surface area contributed by atoms with E-state index in [1.165, 1.54) is 6.42 Å². The van der Waals surface area contributed by atoms with Gasteiger partial charge in [0.1, 0.15) is 17.6 Å². The summed E-state index contributed by atoms with van der Waals surface area (Å²) in [5.41, 5.74) is 0.407. The topological polar surface area (TPSA) is 92.8 Å². The van der Waals surface area contributed by atoms with Crippen LogP contribution in [-0.2, 0) is 24.3 Å². The number of ether oxygens (including phenoxy) is 1. The van der Waals surface area contributed by atoms with E-state index in [1.54, 1.807) is 31.2 Å². The molecule has 1 atom stereocenters. The van der Waals surface area contributed by atoms with Crippen LogP contribution in [0.2, 0.25) is 0 Å². The highest BCUT2D eigenvalue weighted by Gasteiger charge is 2.19. The smallest absolute Gasteiger partial charge is 0.261 e. The van der Waals surface area contributed by atoms with Crippen molar-refractivity contribution in [1.82, 2.24) is 20.1 Å². The molecule has 1 aromatic heterocycles. The predicted octanol–water partition coefficient (Wildman–Crippen LogP) is 1.96. The lowest BCUT2D eigenvalue weighted by Crippen LogP contribution is -2.36. The molecule has 2 heterocycles. The minimum Gasteiger partial charge on any atom is -0.480 e. The van der Waals surface area contributed by atoms with Gasteiger partial charge in [0.05, 0.1) is 12.1 Å². The Labute approximate surface area is 146 Å². The van der Waals surface area contributed by atoms with Crippen molar-refractivity contribution >= 4 is 5.91 Å².